The minimum absolute atomic E-state index is 0.0929. The van der Waals surface area contributed by atoms with Crippen LogP contribution in [0.15, 0.2) is 23.1 Å². The number of hydrogen-bond acceptors (Lipinski definition) is 5. The molecule has 1 aliphatic heterocycles. The number of sulfonamides is 1. The van der Waals surface area contributed by atoms with Crippen LogP contribution in [0.2, 0.25) is 5.02 Å². The van der Waals surface area contributed by atoms with Gasteiger partial charge in [-0.1, -0.05) is 30.9 Å². The summed E-state index contributed by atoms with van der Waals surface area (Å²) in [6.07, 6.45) is 4.23. The maximum Gasteiger partial charge on any atom is 0.240 e. The Bertz CT molecular complexity index is 972. The first-order valence-corrected chi connectivity index (χ1v) is 13.0. The van der Waals surface area contributed by atoms with Crippen molar-refractivity contribution in [2.75, 3.05) is 19.6 Å². The van der Waals surface area contributed by atoms with Crippen molar-refractivity contribution in [3.05, 3.63) is 29.0 Å². The number of sulfone groups is 1. The largest absolute Gasteiger partial charge is 0.340 e. The Morgan fingerprint density at radius 1 is 1.10 bits per heavy atom. The van der Waals surface area contributed by atoms with Crippen molar-refractivity contribution >= 4 is 37.4 Å². The highest BCUT2D eigenvalue weighted by atomic mass is 35.5. The lowest BCUT2D eigenvalue weighted by Gasteiger charge is -2.41. The van der Waals surface area contributed by atoms with Crippen LogP contribution in [0.1, 0.15) is 38.5 Å². The Morgan fingerprint density at radius 2 is 1.76 bits per heavy atom. The third-order valence-corrected chi connectivity index (χ3v) is 9.89. The van der Waals surface area contributed by atoms with Crippen molar-refractivity contribution in [1.82, 2.24) is 9.62 Å². The minimum atomic E-state index is -3.93. The second-order valence-corrected chi connectivity index (χ2v) is 12.2. The van der Waals surface area contributed by atoms with Gasteiger partial charge in [-0.25, -0.2) is 25.9 Å². The number of likely N-dealkylation sites (tertiary alicyclic amines) is 1. The molecule has 1 amide bonds. The number of halogens is 2. The van der Waals surface area contributed by atoms with Gasteiger partial charge in [-0.15, -0.1) is 0 Å². The lowest BCUT2D eigenvalue weighted by atomic mass is 10.0. The Balaban J connectivity index is 1.46. The van der Waals surface area contributed by atoms with Gasteiger partial charge in [0.15, 0.2) is 9.84 Å². The molecule has 1 N–H and O–H groups in total. The van der Waals surface area contributed by atoms with E-state index in [4.69, 9.17) is 11.6 Å². The molecule has 7 nitrogen and oxygen atoms in total. The highest BCUT2D eigenvalue weighted by Gasteiger charge is 2.43. The Kier molecular flexibility index (Phi) is 6.87. The minimum Gasteiger partial charge on any atom is -0.340 e. The zero-order valence-electron chi connectivity index (χ0n) is 15.8. The number of carbonyl (C=O) groups is 1. The molecule has 0 bridgehead atoms. The Labute approximate surface area is 175 Å². The van der Waals surface area contributed by atoms with Gasteiger partial charge in [-0.3, -0.25) is 4.79 Å². The number of amides is 1. The third-order valence-electron chi connectivity index (χ3n) is 5.51. The monoisotopic (exact) mass is 466 g/mol. The molecule has 1 saturated heterocycles. The summed E-state index contributed by atoms with van der Waals surface area (Å²) in [5.41, 5.74) is 0. The van der Waals surface area contributed by atoms with Gasteiger partial charge in [0, 0.05) is 26.1 Å². The summed E-state index contributed by atoms with van der Waals surface area (Å²) in [6, 6.07) is 3.04. The van der Waals surface area contributed by atoms with E-state index in [1.807, 2.05) is 0 Å². The summed E-state index contributed by atoms with van der Waals surface area (Å²) < 4.78 is 65.1. The van der Waals surface area contributed by atoms with E-state index in [-0.39, 0.29) is 47.1 Å². The van der Waals surface area contributed by atoms with Crippen molar-refractivity contribution in [2.45, 2.75) is 53.9 Å². The van der Waals surface area contributed by atoms with E-state index in [0.717, 1.165) is 37.5 Å². The van der Waals surface area contributed by atoms with Crippen LogP contribution in [0.3, 0.4) is 0 Å². The first-order chi connectivity index (χ1) is 13.6. The Morgan fingerprint density at radius 3 is 2.38 bits per heavy atom. The fraction of sp³-hybridized carbons (Fsp3) is 0.611. The van der Waals surface area contributed by atoms with E-state index < -0.39 is 30.9 Å². The molecule has 0 unspecified atom stereocenters. The van der Waals surface area contributed by atoms with Gasteiger partial charge in [0.25, 0.3) is 0 Å². The van der Waals surface area contributed by atoms with Crippen LogP contribution in [-0.4, -0.2) is 57.8 Å². The zero-order chi connectivity index (χ0) is 21.2. The summed E-state index contributed by atoms with van der Waals surface area (Å²) in [4.78, 5) is 13.5. The number of hydrogen-bond donors (Lipinski definition) is 1. The van der Waals surface area contributed by atoms with Crippen LogP contribution < -0.4 is 4.72 Å². The van der Waals surface area contributed by atoms with Crippen LogP contribution >= 0.6 is 11.6 Å². The SMILES string of the molecule is O=C(CCNS(=O)(=O)c1ccc(F)c(Cl)c1)N1CC(S(=O)(=O)C2CCCCC2)C1. The van der Waals surface area contributed by atoms with Crippen LogP contribution in [-0.2, 0) is 24.7 Å². The third kappa shape index (κ3) is 5.10. The van der Waals surface area contributed by atoms with Gasteiger partial charge < -0.3 is 4.90 Å². The van der Waals surface area contributed by atoms with E-state index in [0.29, 0.717) is 12.8 Å². The maximum atomic E-state index is 13.2. The average Bonchev–Trinajstić information content (AvgIpc) is 2.63. The van der Waals surface area contributed by atoms with E-state index in [1.165, 1.54) is 4.90 Å². The van der Waals surface area contributed by atoms with E-state index >= 15 is 0 Å². The molecule has 0 radical (unpaired) electrons. The molecule has 0 atom stereocenters. The highest BCUT2D eigenvalue weighted by molar-refractivity contribution is 7.92. The quantitative estimate of drug-likeness (QED) is 0.663. The standard InChI is InChI=1S/C18H24ClFN2O5S2/c19-16-10-14(6-7-17(16)20)29(26,27)21-9-8-18(23)22-11-15(12-22)28(24,25)13-4-2-1-3-5-13/h6-7,10,13,15,21H,1-5,8-9,11-12H2. The van der Waals surface area contributed by atoms with Crippen molar-refractivity contribution in [3.63, 3.8) is 0 Å². The van der Waals surface area contributed by atoms with Gasteiger partial charge in [-0.2, -0.15) is 0 Å². The van der Waals surface area contributed by atoms with Crippen molar-refractivity contribution in [2.24, 2.45) is 0 Å². The molecule has 1 aliphatic carbocycles. The van der Waals surface area contributed by atoms with E-state index in [2.05, 4.69) is 4.72 Å². The number of benzene rings is 1. The molecule has 0 aromatic heterocycles. The molecule has 1 aromatic rings. The molecular weight excluding hydrogens is 443 g/mol. The summed E-state index contributed by atoms with van der Waals surface area (Å²) in [6.45, 7) is 0.183. The van der Waals surface area contributed by atoms with Crippen LogP contribution in [0.25, 0.3) is 0 Å². The summed E-state index contributed by atoms with van der Waals surface area (Å²) in [5, 5.41) is -1.13. The molecule has 0 spiro atoms. The van der Waals surface area contributed by atoms with Crippen molar-refractivity contribution in [3.8, 4) is 0 Å². The maximum absolute atomic E-state index is 13.2. The number of nitrogens with one attached hydrogen (secondary N) is 1. The molecule has 162 valence electrons. The molecule has 2 fully saturated rings. The van der Waals surface area contributed by atoms with Crippen molar-refractivity contribution < 1.29 is 26.0 Å². The van der Waals surface area contributed by atoms with E-state index in [1.54, 1.807) is 0 Å². The zero-order valence-corrected chi connectivity index (χ0v) is 18.2. The second kappa shape index (κ2) is 8.87. The van der Waals surface area contributed by atoms with Gasteiger partial charge in [-0.05, 0) is 31.0 Å². The van der Waals surface area contributed by atoms with Gasteiger partial charge >= 0.3 is 0 Å². The average molecular weight is 467 g/mol. The molecule has 29 heavy (non-hydrogen) atoms. The molecular formula is C18H24ClFN2O5S2. The van der Waals surface area contributed by atoms with Crippen molar-refractivity contribution in [1.29, 1.82) is 0 Å². The number of rotatable bonds is 7. The van der Waals surface area contributed by atoms with Gasteiger partial charge in [0.1, 0.15) is 5.82 Å². The first-order valence-electron chi connectivity index (χ1n) is 9.56. The van der Waals surface area contributed by atoms with Crippen LogP contribution in [0, 0.1) is 5.82 Å². The smallest absolute Gasteiger partial charge is 0.240 e. The fourth-order valence-corrected chi connectivity index (χ4v) is 7.31. The van der Waals surface area contributed by atoms with Gasteiger partial charge in [0.05, 0.1) is 20.4 Å². The lowest BCUT2D eigenvalue weighted by Crippen LogP contribution is -2.59. The topological polar surface area (TPSA) is 101 Å². The molecule has 1 heterocycles. The molecule has 3 rings (SSSR count). The first kappa shape index (κ1) is 22.5. The predicted molar refractivity (Wildman–Crippen MR) is 107 cm³/mol. The van der Waals surface area contributed by atoms with Crippen LogP contribution in [0.5, 0.6) is 0 Å². The molecule has 1 aromatic carbocycles. The second-order valence-electron chi connectivity index (χ2n) is 7.49. The fourth-order valence-electron chi connectivity index (χ4n) is 3.69. The molecule has 1 saturated carbocycles. The van der Waals surface area contributed by atoms with Crippen LogP contribution in [0.4, 0.5) is 4.39 Å². The van der Waals surface area contributed by atoms with E-state index in [9.17, 15) is 26.0 Å². The number of nitrogens with zero attached hydrogens (tertiary/aromatic N) is 1. The highest BCUT2D eigenvalue weighted by Crippen LogP contribution is 2.30. The predicted octanol–water partition coefficient (Wildman–Crippen LogP) is 2.11. The normalized spacial score (nSPS) is 19.2. The summed E-state index contributed by atoms with van der Waals surface area (Å²) in [7, 11) is -7.15. The summed E-state index contributed by atoms with van der Waals surface area (Å²) in [5.74, 6) is -1.03. The molecule has 2 aliphatic rings. The lowest BCUT2D eigenvalue weighted by molar-refractivity contribution is -0.134. The Hall–Kier alpha value is -1.23. The number of carbonyl (C=O) groups excluding carboxylic acids is 1. The summed E-state index contributed by atoms with van der Waals surface area (Å²) >= 11 is 5.60. The van der Waals surface area contributed by atoms with Gasteiger partial charge in [0.2, 0.25) is 15.9 Å². The molecule has 11 heteroatoms.